The molecule has 0 aliphatic carbocycles. The molecule has 1 aromatic heterocycles. The van der Waals surface area contributed by atoms with E-state index >= 15 is 0 Å². The van der Waals surface area contributed by atoms with Crippen LogP contribution in [-0.2, 0) is 6.54 Å². The quantitative estimate of drug-likeness (QED) is 0.556. The van der Waals surface area contributed by atoms with Gasteiger partial charge in [0.25, 0.3) is 0 Å². The molecule has 0 amide bonds. The molecule has 21 heavy (non-hydrogen) atoms. The first-order chi connectivity index (χ1) is 10.1. The molecule has 0 saturated heterocycles. The predicted molar refractivity (Wildman–Crippen MR) is 88.6 cm³/mol. The lowest BCUT2D eigenvalue weighted by atomic mass is 10.2. The van der Waals surface area contributed by atoms with Crippen LogP contribution in [0.5, 0.6) is 0 Å². The fraction of sp³-hybridized carbons (Fsp3) is 0.125. The molecule has 0 unspecified atom stereocenters. The van der Waals surface area contributed by atoms with E-state index < -0.39 is 0 Å². The highest BCUT2D eigenvalue weighted by molar-refractivity contribution is 7.98. The number of rotatable bonds is 3. The Bertz CT molecular complexity index is 813. The number of hydrogen-bond acceptors (Lipinski definition) is 2. The molecule has 2 aromatic carbocycles. The van der Waals surface area contributed by atoms with Gasteiger partial charge in [0.1, 0.15) is 5.82 Å². The topological polar surface area (TPSA) is 30.9 Å². The summed E-state index contributed by atoms with van der Waals surface area (Å²) in [6.45, 7) is 0.424. The van der Waals surface area contributed by atoms with Crippen LogP contribution < -0.4 is 5.73 Å². The molecule has 0 bridgehead atoms. The van der Waals surface area contributed by atoms with Gasteiger partial charge in [-0.05, 0) is 42.7 Å². The zero-order chi connectivity index (χ0) is 15.0. The summed E-state index contributed by atoms with van der Waals surface area (Å²) in [6.07, 6.45) is 3.96. The van der Waals surface area contributed by atoms with Crippen LogP contribution >= 0.6 is 23.4 Å². The van der Waals surface area contributed by atoms with Gasteiger partial charge in [0, 0.05) is 32.8 Å². The third kappa shape index (κ3) is 2.74. The fourth-order valence-corrected chi connectivity index (χ4v) is 3.28. The summed E-state index contributed by atoms with van der Waals surface area (Å²) in [6, 6.07) is 10.5. The molecule has 0 saturated carbocycles. The number of thioether (sulfide) groups is 1. The van der Waals surface area contributed by atoms with Crippen molar-refractivity contribution in [3.8, 4) is 0 Å². The van der Waals surface area contributed by atoms with E-state index in [4.69, 9.17) is 17.3 Å². The number of hydrogen-bond donors (Lipinski definition) is 1. The van der Waals surface area contributed by atoms with Crippen molar-refractivity contribution in [3.63, 3.8) is 0 Å². The number of benzene rings is 2. The predicted octanol–water partition coefficient (Wildman–Crippen LogP) is 4.79. The van der Waals surface area contributed by atoms with Gasteiger partial charge in [0.05, 0.1) is 12.1 Å². The zero-order valence-electron chi connectivity index (χ0n) is 11.4. The molecule has 0 aliphatic rings. The van der Waals surface area contributed by atoms with Crippen LogP contribution in [0.4, 0.5) is 10.1 Å². The second-order valence-corrected chi connectivity index (χ2v) is 6.12. The lowest BCUT2D eigenvalue weighted by molar-refractivity contribution is 0.602. The van der Waals surface area contributed by atoms with E-state index in [2.05, 4.69) is 0 Å². The Morgan fingerprint density at radius 3 is 2.81 bits per heavy atom. The molecule has 1 heterocycles. The fourth-order valence-electron chi connectivity index (χ4n) is 2.44. The van der Waals surface area contributed by atoms with Crippen molar-refractivity contribution in [2.75, 3.05) is 12.0 Å². The summed E-state index contributed by atoms with van der Waals surface area (Å²) in [5.41, 5.74) is 8.22. The summed E-state index contributed by atoms with van der Waals surface area (Å²) in [4.78, 5) is 1.12. The molecule has 2 nitrogen and oxygen atoms in total. The van der Waals surface area contributed by atoms with Gasteiger partial charge in [-0.3, -0.25) is 0 Å². The summed E-state index contributed by atoms with van der Waals surface area (Å²) in [5, 5.41) is 1.66. The second kappa shape index (κ2) is 5.62. The van der Waals surface area contributed by atoms with Crippen molar-refractivity contribution >= 4 is 40.0 Å². The highest BCUT2D eigenvalue weighted by Crippen LogP contribution is 2.30. The van der Waals surface area contributed by atoms with Crippen molar-refractivity contribution in [1.29, 1.82) is 0 Å². The van der Waals surface area contributed by atoms with E-state index in [-0.39, 0.29) is 5.82 Å². The van der Waals surface area contributed by atoms with Crippen LogP contribution in [0.2, 0.25) is 5.02 Å². The smallest absolute Gasteiger partial charge is 0.128 e. The van der Waals surface area contributed by atoms with Crippen molar-refractivity contribution in [2.24, 2.45) is 0 Å². The highest BCUT2D eigenvalue weighted by atomic mass is 35.5. The Hall–Kier alpha value is -1.65. The van der Waals surface area contributed by atoms with Gasteiger partial charge in [-0.1, -0.05) is 11.6 Å². The Kier molecular flexibility index (Phi) is 3.83. The maximum Gasteiger partial charge on any atom is 0.128 e. The van der Waals surface area contributed by atoms with Gasteiger partial charge in [-0.15, -0.1) is 11.8 Å². The lowest BCUT2D eigenvalue weighted by Gasteiger charge is -2.09. The third-order valence-corrected chi connectivity index (χ3v) is 4.45. The molecule has 108 valence electrons. The molecule has 0 radical (unpaired) electrons. The summed E-state index contributed by atoms with van der Waals surface area (Å²) in [7, 11) is 0. The maximum atomic E-state index is 13.9. The van der Waals surface area contributed by atoms with Crippen LogP contribution in [0.15, 0.2) is 47.5 Å². The summed E-state index contributed by atoms with van der Waals surface area (Å²) in [5.74, 6) is -0.254. The molecule has 0 aliphatic heterocycles. The van der Waals surface area contributed by atoms with E-state index in [0.29, 0.717) is 22.8 Å². The number of fused-ring (bicyclic) bond motifs is 1. The number of aromatic nitrogens is 1. The Labute approximate surface area is 131 Å². The van der Waals surface area contributed by atoms with E-state index in [9.17, 15) is 4.39 Å². The minimum atomic E-state index is -0.254. The summed E-state index contributed by atoms with van der Waals surface area (Å²) >= 11 is 7.60. The minimum Gasteiger partial charge on any atom is -0.399 e. The average Bonchev–Trinajstić information content (AvgIpc) is 2.85. The van der Waals surface area contributed by atoms with E-state index in [1.165, 1.54) is 6.07 Å². The van der Waals surface area contributed by atoms with Gasteiger partial charge in [-0.2, -0.15) is 0 Å². The maximum absolute atomic E-state index is 13.9. The van der Waals surface area contributed by atoms with E-state index in [0.717, 1.165) is 15.8 Å². The molecular weight excluding hydrogens is 307 g/mol. The minimum absolute atomic E-state index is 0.254. The van der Waals surface area contributed by atoms with Gasteiger partial charge < -0.3 is 10.3 Å². The number of nitrogens with two attached hydrogens (primary N) is 1. The van der Waals surface area contributed by atoms with Crippen LogP contribution in [-0.4, -0.2) is 10.8 Å². The average molecular weight is 321 g/mol. The first-order valence-electron chi connectivity index (χ1n) is 6.45. The highest BCUT2D eigenvalue weighted by Gasteiger charge is 2.09. The van der Waals surface area contributed by atoms with Crippen LogP contribution in [0, 0.1) is 5.82 Å². The Balaban J connectivity index is 2.09. The lowest BCUT2D eigenvalue weighted by Crippen LogP contribution is -2.01. The van der Waals surface area contributed by atoms with Crippen LogP contribution in [0.1, 0.15) is 5.56 Å². The van der Waals surface area contributed by atoms with Gasteiger partial charge in [-0.25, -0.2) is 4.39 Å². The van der Waals surface area contributed by atoms with Crippen molar-refractivity contribution in [3.05, 3.63) is 59.0 Å². The number of halogens is 2. The van der Waals surface area contributed by atoms with Gasteiger partial charge in [0.2, 0.25) is 0 Å². The van der Waals surface area contributed by atoms with E-state index in [1.807, 2.05) is 35.2 Å². The van der Waals surface area contributed by atoms with Crippen molar-refractivity contribution < 1.29 is 4.39 Å². The molecule has 0 spiro atoms. The standard InChI is InChI=1S/C16H14ClFN2S/c1-21-16-8-12(19)7-15-13(16)4-5-20(15)9-10-6-11(17)2-3-14(10)18/h2-8H,9,19H2,1H3. The first kappa shape index (κ1) is 14.3. The number of nitrogen functional groups attached to an aromatic ring is 1. The van der Waals surface area contributed by atoms with Crippen molar-refractivity contribution in [2.45, 2.75) is 11.4 Å². The zero-order valence-corrected chi connectivity index (χ0v) is 13.0. The molecule has 2 N–H and O–H groups in total. The largest absolute Gasteiger partial charge is 0.399 e. The van der Waals surface area contributed by atoms with Crippen LogP contribution in [0.25, 0.3) is 10.9 Å². The SMILES string of the molecule is CSc1cc(N)cc2c1ccn2Cc1cc(Cl)ccc1F. The molecule has 5 heteroatoms. The number of nitrogens with zero attached hydrogens (tertiary/aromatic N) is 1. The van der Waals surface area contributed by atoms with Gasteiger partial charge >= 0.3 is 0 Å². The van der Waals surface area contributed by atoms with Crippen LogP contribution in [0.3, 0.4) is 0 Å². The molecular formula is C16H14ClFN2S. The van der Waals surface area contributed by atoms with E-state index in [1.54, 1.807) is 23.9 Å². The number of anilines is 1. The monoisotopic (exact) mass is 320 g/mol. The van der Waals surface area contributed by atoms with Gasteiger partial charge in [0.15, 0.2) is 0 Å². The molecule has 0 fully saturated rings. The Morgan fingerprint density at radius 1 is 1.24 bits per heavy atom. The normalized spacial score (nSPS) is 11.2. The molecule has 3 rings (SSSR count). The molecule has 3 aromatic rings. The second-order valence-electron chi connectivity index (χ2n) is 4.84. The summed E-state index contributed by atoms with van der Waals surface area (Å²) < 4.78 is 15.9. The Morgan fingerprint density at radius 2 is 2.05 bits per heavy atom. The first-order valence-corrected chi connectivity index (χ1v) is 8.05. The molecule has 0 atom stereocenters. The van der Waals surface area contributed by atoms with Crippen molar-refractivity contribution in [1.82, 2.24) is 4.57 Å². The third-order valence-electron chi connectivity index (χ3n) is 3.44.